The van der Waals surface area contributed by atoms with Crippen LogP contribution in [0.2, 0.25) is 10.2 Å². The number of nitrogens with one attached hydrogen (secondary N) is 1. The SMILES string of the molecule is COc1cc(Cl)c(Nc2nc(C)nc(Cl)c2[N+](=O)[O-])c(OC)c1. The predicted molar refractivity (Wildman–Crippen MR) is 86.3 cm³/mol. The lowest BCUT2D eigenvalue weighted by atomic mass is 10.2. The summed E-state index contributed by atoms with van der Waals surface area (Å²) in [5.41, 5.74) is -0.154. The Balaban J connectivity index is 2.58. The standard InChI is InChI=1S/C13H12Cl2N4O4/c1-6-16-12(15)11(19(20)21)13(17-6)18-10-8(14)4-7(22-2)5-9(10)23-3/h4-5H,1-3H3,(H,16,17,18). The molecule has 0 aliphatic carbocycles. The number of benzene rings is 1. The molecule has 0 saturated heterocycles. The average molecular weight is 359 g/mol. The van der Waals surface area contributed by atoms with E-state index in [-0.39, 0.29) is 21.8 Å². The van der Waals surface area contributed by atoms with Crippen LogP contribution in [-0.4, -0.2) is 29.1 Å². The van der Waals surface area contributed by atoms with Gasteiger partial charge in [0.15, 0.2) is 0 Å². The van der Waals surface area contributed by atoms with Gasteiger partial charge in [0.1, 0.15) is 23.0 Å². The van der Waals surface area contributed by atoms with E-state index in [2.05, 4.69) is 15.3 Å². The highest BCUT2D eigenvalue weighted by Gasteiger charge is 2.24. The van der Waals surface area contributed by atoms with Gasteiger partial charge in [-0.2, -0.15) is 0 Å². The van der Waals surface area contributed by atoms with Gasteiger partial charge in [0.05, 0.1) is 24.2 Å². The molecule has 23 heavy (non-hydrogen) atoms. The van der Waals surface area contributed by atoms with Crippen molar-refractivity contribution in [1.29, 1.82) is 0 Å². The van der Waals surface area contributed by atoms with E-state index in [0.717, 1.165) is 0 Å². The molecule has 2 rings (SSSR count). The molecule has 0 atom stereocenters. The van der Waals surface area contributed by atoms with Crippen LogP contribution in [0.1, 0.15) is 5.82 Å². The largest absolute Gasteiger partial charge is 0.497 e. The Hall–Kier alpha value is -2.32. The summed E-state index contributed by atoms with van der Waals surface area (Å²) in [4.78, 5) is 18.3. The molecule has 0 saturated carbocycles. The number of hydrogen-bond donors (Lipinski definition) is 1. The van der Waals surface area contributed by atoms with Crippen molar-refractivity contribution < 1.29 is 14.4 Å². The molecule has 0 aliphatic heterocycles. The first-order valence-electron chi connectivity index (χ1n) is 6.24. The minimum atomic E-state index is -0.673. The molecule has 1 aromatic carbocycles. The summed E-state index contributed by atoms with van der Waals surface area (Å²) in [5, 5.41) is 14.0. The van der Waals surface area contributed by atoms with E-state index in [1.165, 1.54) is 20.3 Å². The van der Waals surface area contributed by atoms with Crippen molar-refractivity contribution in [1.82, 2.24) is 9.97 Å². The van der Waals surface area contributed by atoms with Crippen LogP contribution >= 0.6 is 23.2 Å². The van der Waals surface area contributed by atoms with Gasteiger partial charge >= 0.3 is 5.69 Å². The molecule has 1 N–H and O–H groups in total. The number of halogens is 2. The van der Waals surface area contributed by atoms with Crippen molar-refractivity contribution in [2.75, 3.05) is 19.5 Å². The van der Waals surface area contributed by atoms with Crippen LogP contribution < -0.4 is 14.8 Å². The van der Waals surface area contributed by atoms with Crippen LogP contribution in [0, 0.1) is 17.0 Å². The van der Waals surface area contributed by atoms with Crippen molar-refractivity contribution in [2.45, 2.75) is 6.92 Å². The summed E-state index contributed by atoms with van der Waals surface area (Å²) in [5.74, 6) is 0.990. The van der Waals surface area contributed by atoms with Crippen LogP contribution in [0.25, 0.3) is 0 Å². The third-order valence-electron chi connectivity index (χ3n) is 2.86. The minimum absolute atomic E-state index is 0.0853. The Morgan fingerprint density at radius 2 is 1.91 bits per heavy atom. The third-order valence-corrected chi connectivity index (χ3v) is 3.42. The molecule has 2 aromatic rings. The summed E-state index contributed by atoms with van der Waals surface area (Å²) in [6, 6.07) is 3.11. The second-order valence-electron chi connectivity index (χ2n) is 4.33. The zero-order chi connectivity index (χ0) is 17.1. The second kappa shape index (κ2) is 6.84. The van der Waals surface area contributed by atoms with Gasteiger partial charge in [-0.1, -0.05) is 23.2 Å². The molecule has 8 nitrogen and oxygen atoms in total. The summed E-state index contributed by atoms with van der Waals surface area (Å²) < 4.78 is 10.3. The fourth-order valence-electron chi connectivity index (χ4n) is 1.86. The number of methoxy groups -OCH3 is 2. The topological polar surface area (TPSA) is 99.4 Å². The number of nitrogens with zero attached hydrogens (tertiary/aromatic N) is 3. The minimum Gasteiger partial charge on any atom is -0.497 e. The number of aryl methyl sites for hydroxylation is 1. The fraction of sp³-hybridized carbons (Fsp3) is 0.231. The first-order chi connectivity index (χ1) is 10.9. The number of rotatable bonds is 5. The van der Waals surface area contributed by atoms with Crippen molar-refractivity contribution >= 4 is 40.4 Å². The molecule has 0 amide bonds. The molecule has 1 heterocycles. The Morgan fingerprint density at radius 3 is 2.48 bits per heavy atom. The van der Waals surface area contributed by atoms with Crippen molar-refractivity contribution in [3.8, 4) is 11.5 Å². The van der Waals surface area contributed by atoms with Gasteiger partial charge in [-0.15, -0.1) is 0 Å². The third kappa shape index (κ3) is 3.54. The van der Waals surface area contributed by atoms with E-state index in [0.29, 0.717) is 17.2 Å². The molecule has 1 aromatic heterocycles. The van der Waals surface area contributed by atoms with E-state index >= 15 is 0 Å². The highest BCUT2D eigenvalue weighted by molar-refractivity contribution is 6.34. The summed E-state index contributed by atoms with van der Waals surface area (Å²) in [6.45, 7) is 1.56. The zero-order valence-corrected chi connectivity index (χ0v) is 13.9. The van der Waals surface area contributed by atoms with E-state index in [9.17, 15) is 10.1 Å². The van der Waals surface area contributed by atoms with Gasteiger partial charge in [0.25, 0.3) is 0 Å². The van der Waals surface area contributed by atoms with E-state index in [4.69, 9.17) is 32.7 Å². The maximum absolute atomic E-state index is 11.2. The molecule has 0 unspecified atom stereocenters. The number of ether oxygens (including phenoxy) is 2. The lowest BCUT2D eigenvalue weighted by Gasteiger charge is -2.14. The van der Waals surface area contributed by atoms with Crippen LogP contribution in [0.3, 0.4) is 0 Å². The molecule has 0 spiro atoms. The highest BCUT2D eigenvalue weighted by Crippen LogP contribution is 2.40. The zero-order valence-electron chi connectivity index (χ0n) is 12.4. The molecule has 0 aliphatic rings. The monoisotopic (exact) mass is 358 g/mol. The van der Waals surface area contributed by atoms with Gasteiger partial charge < -0.3 is 14.8 Å². The maximum Gasteiger partial charge on any atom is 0.348 e. The van der Waals surface area contributed by atoms with Gasteiger partial charge in [-0.25, -0.2) is 9.97 Å². The van der Waals surface area contributed by atoms with Crippen molar-refractivity contribution in [3.05, 3.63) is 38.2 Å². The van der Waals surface area contributed by atoms with Crippen molar-refractivity contribution in [3.63, 3.8) is 0 Å². The first-order valence-corrected chi connectivity index (χ1v) is 7.00. The lowest BCUT2D eigenvalue weighted by molar-refractivity contribution is -0.384. The number of nitro groups is 1. The van der Waals surface area contributed by atoms with Gasteiger partial charge in [0, 0.05) is 12.1 Å². The van der Waals surface area contributed by atoms with Crippen LogP contribution in [0.5, 0.6) is 11.5 Å². The molecule has 0 bridgehead atoms. The normalized spacial score (nSPS) is 10.3. The summed E-state index contributed by atoms with van der Waals surface area (Å²) in [7, 11) is 2.92. The van der Waals surface area contributed by atoms with E-state index < -0.39 is 10.6 Å². The summed E-state index contributed by atoms with van der Waals surface area (Å²) in [6.07, 6.45) is 0. The Bertz CT molecular complexity index is 770. The lowest BCUT2D eigenvalue weighted by Crippen LogP contribution is -2.05. The predicted octanol–water partition coefficient (Wildman–Crippen LogP) is 3.76. The van der Waals surface area contributed by atoms with Crippen LogP contribution in [0.15, 0.2) is 12.1 Å². The second-order valence-corrected chi connectivity index (χ2v) is 5.09. The van der Waals surface area contributed by atoms with Crippen molar-refractivity contribution in [2.24, 2.45) is 0 Å². The summed E-state index contributed by atoms with van der Waals surface area (Å²) >= 11 is 12.0. The van der Waals surface area contributed by atoms with Gasteiger partial charge in [-0.3, -0.25) is 10.1 Å². The first kappa shape index (κ1) is 17.0. The number of anilines is 2. The van der Waals surface area contributed by atoms with Gasteiger partial charge in [-0.05, 0) is 6.92 Å². The highest BCUT2D eigenvalue weighted by atomic mass is 35.5. The molecular weight excluding hydrogens is 347 g/mol. The molecule has 122 valence electrons. The maximum atomic E-state index is 11.2. The van der Waals surface area contributed by atoms with Gasteiger partial charge in [0.2, 0.25) is 11.0 Å². The molecule has 0 fully saturated rings. The molecule has 0 radical (unpaired) electrons. The van der Waals surface area contributed by atoms with E-state index in [1.807, 2.05) is 0 Å². The Kier molecular flexibility index (Phi) is 5.07. The Morgan fingerprint density at radius 1 is 1.22 bits per heavy atom. The quantitative estimate of drug-likeness (QED) is 0.493. The molecule has 10 heteroatoms. The fourth-order valence-corrected chi connectivity index (χ4v) is 2.39. The van der Waals surface area contributed by atoms with Crippen LogP contribution in [0.4, 0.5) is 17.2 Å². The number of aromatic nitrogens is 2. The molecular formula is C13H12Cl2N4O4. The van der Waals surface area contributed by atoms with E-state index in [1.54, 1.807) is 13.0 Å². The van der Waals surface area contributed by atoms with Crippen LogP contribution in [-0.2, 0) is 0 Å². The Labute approximate surface area is 141 Å². The average Bonchev–Trinajstić information content (AvgIpc) is 2.47. The number of hydrogen-bond acceptors (Lipinski definition) is 7. The smallest absolute Gasteiger partial charge is 0.348 e.